The Hall–Kier alpha value is -3.44. The predicted octanol–water partition coefficient (Wildman–Crippen LogP) is 5.43. The molecule has 2 atom stereocenters. The number of aryl methyl sites for hydroxylation is 1. The first-order valence-electron chi connectivity index (χ1n) is 13.1. The molecule has 8 nitrogen and oxygen atoms in total. The number of carbonyl (C=O) groups is 2. The van der Waals surface area contributed by atoms with Gasteiger partial charge in [0.1, 0.15) is 24.2 Å². The minimum absolute atomic E-state index is 0.0237. The van der Waals surface area contributed by atoms with Gasteiger partial charge in [-0.3, -0.25) is 13.9 Å². The van der Waals surface area contributed by atoms with Gasteiger partial charge in [0.2, 0.25) is 11.8 Å². The molecule has 0 saturated carbocycles. The quantitative estimate of drug-likeness (QED) is 0.283. The molecule has 3 rings (SSSR count). The number of nitrogens with zero attached hydrogens (tertiary/aromatic N) is 2. The zero-order valence-corrected chi connectivity index (χ0v) is 26.1. The van der Waals surface area contributed by atoms with E-state index in [0.717, 1.165) is 9.87 Å². The molecule has 0 unspecified atom stereocenters. The van der Waals surface area contributed by atoms with Crippen LogP contribution in [-0.4, -0.2) is 50.9 Å². The van der Waals surface area contributed by atoms with Gasteiger partial charge in [-0.1, -0.05) is 36.8 Å². The fourth-order valence-electron chi connectivity index (χ4n) is 4.01. The van der Waals surface area contributed by atoms with Crippen molar-refractivity contribution in [3.05, 3.63) is 88.1 Å². The highest BCUT2D eigenvalue weighted by Crippen LogP contribution is 2.31. The molecule has 41 heavy (non-hydrogen) atoms. The van der Waals surface area contributed by atoms with Crippen LogP contribution in [0.2, 0.25) is 0 Å². The van der Waals surface area contributed by atoms with Crippen LogP contribution in [-0.2, 0) is 26.2 Å². The fourth-order valence-corrected chi connectivity index (χ4v) is 6.14. The summed E-state index contributed by atoms with van der Waals surface area (Å²) in [7, 11) is -2.77. The van der Waals surface area contributed by atoms with Gasteiger partial charge in [0.15, 0.2) is 0 Å². The van der Waals surface area contributed by atoms with Crippen molar-refractivity contribution in [2.24, 2.45) is 0 Å². The number of halogens is 2. The van der Waals surface area contributed by atoms with Crippen LogP contribution in [0.15, 0.2) is 76.1 Å². The van der Waals surface area contributed by atoms with Gasteiger partial charge in [-0.2, -0.15) is 0 Å². The number of sulfonamides is 1. The zero-order chi connectivity index (χ0) is 30.3. The number of ether oxygens (including phenoxy) is 1. The van der Waals surface area contributed by atoms with E-state index in [1.54, 1.807) is 31.2 Å². The summed E-state index contributed by atoms with van der Waals surface area (Å²) < 4.78 is 48.2. The van der Waals surface area contributed by atoms with Crippen LogP contribution < -0.4 is 14.4 Å². The summed E-state index contributed by atoms with van der Waals surface area (Å²) in [6, 6.07) is 15.6. The molecule has 0 heterocycles. The molecule has 0 aliphatic heterocycles. The molecule has 0 fully saturated rings. The van der Waals surface area contributed by atoms with Crippen LogP contribution in [0.3, 0.4) is 0 Å². The third kappa shape index (κ3) is 8.07. The number of carbonyl (C=O) groups excluding carboxylic acids is 2. The molecule has 0 saturated heterocycles. The second kappa shape index (κ2) is 14.0. The van der Waals surface area contributed by atoms with E-state index >= 15 is 0 Å². The van der Waals surface area contributed by atoms with Crippen LogP contribution >= 0.6 is 15.9 Å². The van der Waals surface area contributed by atoms with E-state index in [4.69, 9.17) is 4.74 Å². The topological polar surface area (TPSA) is 96.0 Å². The summed E-state index contributed by atoms with van der Waals surface area (Å²) in [6.07, 6.45) is 0.696. The minimum atomic E-state index is -4.24. The van der Waals surface area contributed by atoms with E-state index in [1.165, 1.54) is 54.5 Å². The fraction of sp³-hybridized carbons (Fsp3) is 0.333. The summed E-state index contributed by atoms with van der Waals surface area (Å²) in [6.45, 7) is 6.65. The zero-order valence-electron chi connectivity index (χ0n) is 23.7. The van der Waals surface area contributed by atoms with Gasteiger partial charge in [-0.25, -0.2) is 12.8 Å². The molecular weight excluding hydrogens is 613 g/mol. The normalized spacial score (nSPS) is 12.8. The smallest absolute Gasteiger partial charge is 0.264 e. The van der Waals surface area contributed by atoms with Crippen molar-refractivity contribution in [1.82, 2.24) is 10.2 Å². The molecule has 0 aromatic heterocycles. The molecule has 0 radical (unpaired) electrons. The van der Waals surface area contributed by atoms with Crippen LogP contribution in [0.4, 0.5) is 10.1 Å². The highest BCUT2D eigenvalue weighted by molar-refractivity contribution is 9.10. The van der Waals surface area contributed by atoms with E-state index in [2.05, 4.69) is 21.2 Å². The van der Waals surface area contributed by atoms with Gasteiger partial charge in [0.05, 0.1) is 22.2 Å². The van der Waals surface area contributed by atoms with Crippen molar-refractivity contribution in [3.63, 3.8) is 0 Å². The standard InChI is InChI=1S/C30H35BrFN3O5S/c1-6-21(3)33-30(37)22(4)34(18-23-9-11-24(32)12-10-23)29(36)19-35(25-13-7-20(2)8-14-25)41(38,39)26-15-16-28(40-5)27(31)17-26/h7-17,21-22H,6,18-19H2,1-5H3,(H,33,37)/t21-,22-/m0/s1. The number of anilines is 1. The number of rotatable bonds is 12. The van der Waals surface area contributed by atoms with Gasteiger partial charge in [-0.15, -0.1) is 0 Å². The van der Waals surface area contributed by atoms with Crippen molar-refractivity contribution in [3.8, 4) is 5.75 Å². The molecular formula is C30H35BrFN3O5S. The van der Waals surface area contributed by atoms with Crippen molar-refractivity contribution >= 4 is 43.5 Å². The molecule has 11 heteroatoms. The van der Waals surface area contributed by atoms with Gasteiger partial charge in [-0.05, 0) is 91.1 Å². The molecule has 0 aliphatic carbocycles. The van der Waals surface area contributed by atoms with Crippen LogP contribution in [0, 0.1) is 12.7 Å². The lowest BCUT2D eigenvalue weighted by atomic mass is 10.1. The minimum Gasteiger partial charge on any atom is -0.496 e. The Balaban J connectivity index is 2.04. The first kappa shape index (κ1) is 32.1. The highest BCUT2D eigenvalue weighted by atomic mass is 79.9. The first-order valence-corrected chi connectivity index (χ1v) is 15.4. The number of methoxy groups -OCH3 is 1. The average molecular weight is 649 g/mol. The maximum Gasteiger partial charge on any atom is 0.264 e. The molecule has 3 aromatic rings. The van der Waals surface area contributed by atoms with Crippen molar-refractivity contribution in [2.45, 2.75) is 57.6 Å². The van der Waals surface area contributed by atoms with Crippen molar-refractivity contribution < 1.29 is 27.1 Å². The lowest BCUT2D eigenvalue weighted by Crippen LogP contribution is -2.52. The number of hydrogen-bond acceptors (Lipinski definition) is 5. The average Bonchev–Trinajstić information content (AvgIpc) is 2.95. The third-order valence-electron chi connectivity index (χ3n) is 6.75. The first-order chi connectivity index (χ1) is 19.4. The molecule has 220 valence electrons. The third-order valence-corrected chi connectivity index (χ3v) is 9.14. The predicted molar refractivity (Wildman–Crippen MR) is 161 cm³/mol. The van der Waals surface area contributed by atoms with Gasteiger partial charge in [0, 0.05) is 12.6 Å². The molecule has 2 amide bonds. The molecule has 0 aliphatic rings. The maximum atomic E-state index is 14.0. The molecule has 0 spiro atoms. The summed E-state index contributed by atoms with van der Waals surface area (Å²) >= 11 is 3.34. The number of hydrogen-bond donors (Lipinski definition) is 1. The summed E-state index contributed by atoms with van der Waals surface area (Å²) in [4.78, 5) is 28.3. The summed E-state index contributed by atoms with van der Waals surface area (Å²) in [5.74, 6) is -0.957. The Morgan fingerprint density at radius 2 is 1.66 bits per heavy atom. The SMILES string of the molecule is CC[C@H](C)NC(=O)[C@H](C)N(Cc1ccc(F)cc1)C(=O)CN(c1ccc(C)cc1)S(=O)(=O)c1ccc(OC)c(Br)c1. The van der Waals surface area contributed by atoms with Crippen LogP contribution in [0.25, 0.3) is 0 Å². The molecule has 3 aromatic carbocycles. The van der Waals surface area contributed by atoms with E-state index in [1.807, 2.05) is 20.8 Å². The number of benzene rings is 3. The second-order valence-electron chi connectivity index (χ2n) is 9.79. The molecule has 0 bridgehead atoms. The number of amides is 2. The largest absolute Gasteiger partial charge is 0.496 e. The second-order valence-corrected chi connectivity index (χ2v) is 12.5. The Morgan fingerprint density at radius 1 is 1.02 bits per heavy atom. The summed E-state index contributed by atoms with van der Waals surface area (Å²) in [5, 5.41) is 2.88. The lowest BCUT2D eigenvalue weighted by Gasteiger charge is -2.32. The highest BCUT2D eigenvalue weighted by Gasteiger charge is 2.33. The Labute approximate surface area is 249 Å². The van der Waals surface area contributed by atoms with E-state index in [0.29, 0.717) is 22.2 Å². The Morgan fingerprint density at radius 3 is 2.22 bits per heavy atom. The van der Waals surface area contributed by atoms with Gasteiger partial charge >= 0.3 is 0 Å². The lowest BCUT2D eigenvalue weighted by molar-refractivity contribution is -0.139. The van der Waals surface area contributed by atoms with E-state index < -0.39 is 34.3 Å². The number of nitrogens with one attached hydrogen (secondary N) is 1. The van der Waals surface area contributed by atoms with Crippen molar-refractivity contribution in [1.29, 1.82) is 0 Å². The molecule has 1 N–H and O–H groups in total. The van der Waals surface area contributed by atoms with Crippen LogP contribution in [0.1, 0.15) is 38.3 Å². The van der Waals surface area contributed by atoms with Crippen molar-refractivity contribution in [2.75, 3.05) is 18.0 Å². The Kier molecular flexibility index (Phi) is 10.9. The van der Waals surface area contributed by atoms with E-state index in [-0.39, 0.29) is 29.1 Å². The van der Waals surface area contributed by atoms with Gasteiger partial charge < -0.3 is 15.0 Å². The monoisotopic (exact) mass is 647 g/mol. The van der Waals surface area contributed by atoms with Crippen LogP contribution in [0.5, 0.6) is 5.75 Å². The Bertz CT molecular complexity index is 1470. The van der Waals surface area contributed by atoms with E-state index in [9.17, 15) is 22.4 Å². The summed E-state index contributed by atoms with van der Waals surface area (Å²) in [5.41, 5.74) is 1.79. The maximum absolute atomic E-state index is 14.0. The van der Waals surface area contributed by atoms with Gasteiger partial charge in [0.25, 0.3) is 10.0 Å².